The van der Waals surface area contributed by atoms with Gasteiger partial charge in [0.1, 0.15) is 6.33 Å². The molecule has 0 saturated carbocycles. The zero-order valence-corrected chi connectivity index (χ0v) is 21.6. The molecule has 0 unspecified atom stereocenters. The van der Waals surface area contributed by atoms with Crippen LogP contribution in [0.25, 0.3) is 5.57 Å². The number of amides is 1. The van der Waals surface area contributed by atoms with Gasteiger partial charge in [0.15, 0.2) is 0 Å². The van der Waals surface area contributed by atoms with E-state index in [1.54, 1.807) is 6.33 Å². The van der Waals surface area contributed by atoms with Gasteiger partial charge in [-0.15, -0.1) is 0 Å². The van der Waals surface area contributed by atoms with Crippen molar-refractivity contribution in [2.75, 3.05) is 13.1 Å². The smallest absolute Gasteiger partial charge is 0.230 e. The quantitative estimate of drug-likeness (QED) is 0.533. The number of carbonyl (C=O) groups excluding carboxylic acids is 1. The minimum atomic E-state index is -0.506. The Balaban J connectivity index is 1.54. The summed E-state index contributed by atoms with van der Waals surface area (Å²) < 4.78 is 1.02. The molecule has 176 valence electrons. The van der Waals surface area contributed by atoms with E-state index in [1.165, 1.54) is 0 Å². The van der Waals surface area contributed by atoms with Crippen molar-refractivity contribution in [3.05, 3.63) is 63.7 Å². The van der Waals surface area contributed by atoms with Gasteiger partial charge in [-0.1, -0.05) is 61.8 Å². The number of aliphatic hydroxyl groups excluding tert-OH is 1. The molecule has 3 atom stereocenters. The second kappa shape index (κ2) is 9.67. The second-order valence-corrected chi connectivity index (χ2v) is 11.6. The molecule has 2 aromatic rings. The van der Waals surface area contributed by atoms with Crippen molar-refractivity contribution in [3.8, 4) is 0 Å². The van der Waals surface area contributed by atoms with E-state index >= 15 is 0 Å². The molecule has 1 aromatic heterocycles. The van der Waals surface area contributed by atoms with E-state index in [-0.39, 0.29) is 23.2 Å². The highest BCUT2D eigenvalue weighted by atomic mass is 79.9. The number of rotatable bonds is 5. The van der Waals surface area contributed by atoms with Crippen LogP contribution in [-0.4, -0.2) is 39.0 Å². The van der Waals surface area contributed by atoms with E-state index in [9.17, 15) is 9.90 Å². The van der Waals surface area contributed by atoms with E-state index in [0.717, 1.165) is 51.8 Å². The lowest BCUT2D eigenvalue weighted by Gasteiger charge is -2.32. The lowest BCUT2D eigenvalue weighted by atomic mass is 9.83. The molecule has 4 rings (SSSR count). The molecule has 0 saturated heterocycles. The first-order chi connectivity index (χ1) is 15.6. The number of aromatic nitrogens is 2. The molecule has 5 nitrogen and oxygen atoms in total. The summed E-state index contributed by atoms with van der Waals surface area (Å²) in [5.74, 6) is 0.310. The third kappa shape index (κ3) is 5.38. The fourth-order valence-electron chi connectivity index (χ4n) is 4.99. The van der Waals surface area contributed by atoms with Crippen molar-refractivity contribution < 1.29 is 9.90 Å². The second-order valence-electron chi connectivity index (χ2n) is 10.6. The van der Waals surface area contributed by atoms with Crippen LogP contribution in [-0.2, 0) is 4.79 Å². The summed E-state index contributed by atoms with van der Waals surface area (Å²) in [5.41, 5.74) is 5.22. The Morgan fingerprint density at radius 3 is 2.61 bits per heavy atom. The highest BCUT2D eigenvalue weighted by Crippen LogP contribution is 2.42. The van der Waals surface area contributed by atoms with E-state index in [0.29, 0.717) is 19.5 Å². The maximum absolute atomic E-state index is 13.7. The average molecular weight is 512 g/mol. The van der Waals surface area contributed by atoms with Gasteiger partial charge in [-0.2, -0.15) is 0 Å². The van der Waals surface area contributed by atoms with Crippen molar-refractivity contribution in [2.45, 2.75) is 71.3 Å². The van der Waals surface area contributed by atoms with Crippen molar-refractivity contribution in [2.24, 2.45) is 5.41 Å². The van der Waals surface area contributed by atoms with Gasteiger partial charge < -0.3 is 10.0 Å². The van der Waals surface area contributed by atoms with Gasteiger partial charge in [0, 0.05) is 23.1 Å². The van der Waals surface area contributed by atoms with Crippen LogP contribution in [0.1, 0.15) is 93.8 Å². The van der Waals surface area contributed by atoms with Crippen LogP contribution in [0.4, 0.5) is 0 Å². The molecular formula is C27H34BrN3O2. The van der Waals surface area contributed by atoms with Gasteiger partial charge in [-0.25, -0.2) is 9.97 Å². The highest BCUT2D eigenvalue weighted by molar-refractivity contribution is 9.10. The monoisotopic (exact) mass is 511 g/mol. The Labute approximate surface area is 205 Å². The summed E-state index contributed by atoms with van der Waals surface area (Å²) in [6, 6.07) is 8.17. The molecule has 0 fully saturated rings. The summed E-state index contributed by atoms with van der Waals surface area (Å²) in [6.07, 6.45) is 6.49. The maximum atomic E-state index is 13.7. The first-order valence-corrected chi connectivity index (χ1v) is 12.7. The molecule has 1 amide bonds. The summed E-state index contributed by atoms with van der Waals surface area (Å²) in [7, 11) is 0. The molecule has 0 spiro atoms. The highest BCUT2D eigenvalue weighted by Gasteiger charge is 2.33. The van der Waals surface area contributed by atoms with Crippen LogP contribution in [0.2, 0.25) is 0 Å². The zero-order valence-electron chi connectivity index (χ0n) is 20.0. The van der Waals surface area contributed by atoms with Crippen LogP contribution in [0.15, 0.2) is 41.1 Å². The van der Waals surface area contributed by atoms with E-state index < -0.39 is 6.10 Å². The molecule has 1 N–H and O–H groups in total. The number of nitrogens with zero attached hydrogens (tertiary/aromatic N) is 3. The molecule has 1 aliphatic carbocycles. The Morgan fingerprint density at radius 1 is 1.24 bits per heavy atom. The Hall–Kier alpha value is -2.05. The van der Waals surface area contributed by atoms with Gasteiger partial charge in [-0.05, 0) is 60.3 Å². The number of fused-ring (bicyclic) bond motifs is 1. The molecule has 1 aliphatic heterocycles. The van der Waals surface area contributed by atoms with Crippen molar-refractivity contribution in [1.29, 1.82) is 0 Å². The largest absolute Gasteiger partial charge is 0.387 e. The van der Waals surface area contributed by atoms with Gasteiger partial charge in [0.05, 0.1) is 23.4 Å². The number of benzene rings is 1. The predicted octanol–water partition coefficient (Wildman–Crippen LogP) is 6.01. The van der Waals surface area contributed by atoms with Gasteiger partial charge in [-0.3, -0.25) is 4.79 Å². The van der Waals surface area contributed by atoms with Crippen LogP contribution >= 0.6 is 15.9 Å². The summed E-state index contributed by atoms with van der Waals surface area (Å²) in [4.78, 5) is 24.6. The maximum Gasteiger partial charge on any atom is 0.230 e. The number of aliphatic hydroxyl groups is 1. The van der Waals surface area contributed by atoms with E-state index in [1.807, 2.05) is 17.0 Å². The van der Waals surface area contributed by atoms with Crippen LogP contribution in [0.5, 0.6) is 0 Å². The molecule has 2 heterocycles. The van der Waals surface area contributed by atoms with Crippen LogP contribution < -0.4 is 0 Å². The number of hydrogen-bond acceptors (Lipinski definition) is 4. The fraction of sp³-hybridized carbons (Fsp3) is 0.519. The molecule has 2 aliphatic rings. The summed E-state index contributed by atoms with van der Waals surface area (Å²) in [5, 5.41) is 10.3. The van der Waals surface area contributed by atoms with Gasteiger partial charge in [0.25, 0.3) is 0 Å². The third-order valence-corrected chi connectivity index (χ3v) is 7.41. The molecular weight excluding hydrogens is 478 g/mol. The SMILES string of the molecule is C[C@@H]1C[C@@H](O)c2ncnc(C3=CCN(C(=O)[C@H](CCC(C)(C)C)c4ccc(Br)cc4)CC3)c21. The summed E-state index contributed by atoms with van der Waals surface area (Å²) in [6.45, 7) is 10.1. The minimum Gasteiger partial charge on any atom is -0.387 e. The number of halogens is 1. The number of hydrogen-bond donors (Lipinski definition) is 1. The molecule has 33 heavy (non-hydrogen) atoms. The molecule has 0 bridgehead atoms. The number of carbonyl (C=O) groups is 1. The average Bonchev–Trinajstić information content (AvgIpc) is 3.08. The molecule has 0 radical (unpaired) electrons. The Bertz CT molecular complexity index is 1040. The zero-order chi connectivity index (χ0) is 23.8. The lowest BCUT2D eigenvalue weighted by molar-refractivity contribution is -0.132. The van der Waals surface area contributed by atoms with E-state index in [4.69, 9.17) is 0 Å². The standard InChI is InChI=1S/C27H34BrN3O2/c1-17-15-22(32)25-23(17)24(29-16-30-25)19-10-13-31(14-11-19)26(33)21(9-12-27(2,3)4)18-5-7-20(28)8-6-18/h5-8,10,16-17,21-22,32H,9,11-15H2,1-4H3/t17-,21-,22-/m1/s1. The van der Waals surface area contributed by atoms with Crippen LogP contribution in [0.3, 0.4) is 0 Å². The molecule has 6 heteroatoms. The predicted molar refractivity (Wildman–Crippen MR) is 135 cm³/mol. The van der Waals surface area contributed by atoms with E-state index in [2.05, 4.69) is 71.8 Å². The summed E-state index contributed by atoms with van der Waals surface area (Å²) >= 11 is 3.51. The first kappa shape index (κ1) is 24.1. The van der Waals surface area contributed by atoms with Crippen molar-refractivity contribution in [3.63, 3.8) is 0 Å². The van der Waals surface area contributed by atoms with Crippen molar-refractivity contribution >= 4 is 27.4 Å². The topological polar surface area (TPSA) is 66.3 Å². The third-order valence-electron chi connectivity index (χ3n) is 6.88. The molecule has 1 aromatic carbocycles. The Morgan fingerprint density at radius 2 is 1.97 bits per heavy atom. The fourth-order valence-corrected chi connectivity index (χ4v) is 5.26. The normalized spacial score (nSPS) is 21.5. The minimum absolute atomic E-state index is 0.134. The van der Waals surface area contributed by atoms with Crippen LogP contribution in [0, 0.1) is 5.41 Å². The Kier molecular flexibility index (Phi) is 7.06. The first-order valence-electron chi connectivity index (χ1n) is 11.9. The lowest BCUT2D eigenvalue weighted by Crippen LogP contribution is -2.38. The van der Waals surface area contributed by atoms with Gasteiger partial charge >= 0.3 is 0 Å². The van der Waals surface area contributed by atoms with Gasteiger partial charge in [0.2, 0.25) is 5.91 Å². The van der Waals surface area contributed by atoms with Crippen molar-refractivity contribution in [1.82, 2.24) is 14.9 Å².